The standard InChI is InChI=1S/C36H42O/c1-27(31-13-9-7-10-14-31)33-21-17-29(18-22-33)25-35(3,4)37-36(5,6)26-30-19-23-34(24-20-30)28(2)32-15-11-8-12-16-32/h7-24,27-28H,25-26H2,1-6H3. The zero-order chi connectivity index (χ0) is 26.5. The Hall–Kier alpha value is -3.16. The van der Waals surface area contributed by atoms with Gasteiger partial charge in [-0.1, -0.05) is 123 Å². The van der Waals surface area contributed by atoms with E-state index in [1.54, 1.807) is 0 Å². The van der Waals surface area contributed by atoms with Gasteiger partial charge in [0.25, 0.3) is 0 Å². The maximum atomic E-state index is 6.73. The van der Waals surface area contributed by atoms with E-state index in [0.717, 1.165) is 12.8 Å². The van der Waals surface area contributed by atoms with Crippen LogP contribution in [0.1, 0.15) is 86.8 Å². The largest absolute Gasteiger partial charge is 0.369 e. The van der Waals surface area contributed by atoms with Gasteiger partial charge < -0.3 is 4.74 Å². The van der Waals surface area contributed by atoms with Gasteiger partial charge in [0.15, 0.2) is 0 Å². The fourth-order valence-electron chi connectivity index (χ4n) is 5.52. The highest BCUT2D eigenvalue weighted by Gasteiger charge is 2.30. The van der Waals surface area contributed by atoms with Crippen LogP contribution in [0, 0.1) is 0 Å². The fraction of sp³-hybridized carbons (Fsp3) is 0.333. The minimum Gasteiger partial charge on any atom is -0.369 e. The monoisotopic (exact) mass is 490 g/mol. The van der Waals surface area contributed by atoms with Crippen molar-refractivity contribution in [2.75, 3.05) is 0 Å². The summed E-state index contributed by atoms with van der Waals surface area (Å²) in [7, 11) is 0. The van der Waals surface area contributed by atoms with Gasteiger partial charge in [0.05, 0.1) is 11.2 Å². The van der Waals surface area contributed by atoms with Crippen LogP contribution in [0.4, 0.5) is 0 Å². The topological polar surface area (TPSA) is 9.23 Å². The molecule has 0 saturated carbocycles. The molecule has 2 atom stereocenters. The molecule has 4 rings (SSSR count). The summed E-state index contributed by atoms with van der Waals surface area (Å²) in [5, 5.41) is 0. The van der Waals surface area contributed by atoms with Crippen LogP contribution in [0.25, 0.3) is 0 Å². The first kappa shape index (κ1) is 26.9. The minimum atomic E-state index is -0.266. The van der Waals surface area contributed by atoms with Gasteiger partial charge in [-0.2, -0.15) is 0 Å². The summed E-state index contributed by atoms with van der Waals surface area (Å²) < 4.78 is 6.73. The van der Waals surface area contributed by atoms with Crippen molar-refractivity contribution in [3.05, 3.63) is 143 Å². The van der Waals surface area contributed by atoms with E-state index in [2.05, 4.69) is 151 Å². The van der Waals surface area contributed by atoms with Crippen LogP contribution >= 0.6 is 0 Å². The Bertz CT molecular complexity index is 1130. The van der Waals surface area contributed by atoms with Crippen molar-refractivity contribution in [2.45, 2.75) is 77.4 Å². The second-order valence-electron chi connectivity index (χ2n) is 11.7. The molecule has 192 valence electrons. The maximum Gasteiger partial charge on any atom is 0.0674 e. The molecule has 1 nitrogen and oxygen atoms in total. The van der Waals surface area contributed by atoms with Crippen LogP contribution in [-0.2, 0) is 17.6 Å². The van der Waals surface area contributed by atoms with Crippen molar-refractivity contribution >= 4 is 0 Å². The molecule has 0 aliphatic rings. The van der Waals surface area contributed by atoms with Gasteiger partial charge >= 0.3 is 0 Å². The second kappa shape index (κ2) is 11.5. The van der Waals surface area contributed by atoms with E-state index in [9.17, 15) is 0 Å². The first-order valence-electron chi connectivity index (χ1n) is 13.6. The maximum absolute atomic E-state index is 6.73. The van der Waals surface area contributed by atoms with Crippen LogP contribution < -0.4 is 0 Å². The predicted octanol–water partition coefficient (Wildman–Crippen LogP) is 9.35. The summed E-state index contributed by atoms with van der Waals surface area (Å²) in [5.74, 6) is 0.779. The van der Waals surface area contributed by atoms with Gasteiger partial charge in [-0.25, -0.2) is 0 Å². The fourth-order valence-corrected chi connectivity index (χ4v) is 5.52. The third-order valence-corrected chi connectivity index (χ3v) is 7.37. The van der Waals surface area contributed by atoms with Gasteiger partial charge in [-0.05, 0) is 61.1 Å². The SMILES string of the molecule is CC(c1ccccc1)c1ccc(CC(C)(C)OC(C)(C)Cc2ccc(C(C)c3ccccc3)cc2)cc1. The lowest BCUT2D eigenvalue weighted by Crippen LogP contribution is -2.40. The summed E-state index contributed by atoms with van der Waals surface area (Å²) in [4.78, 5) is 0. The minimum absolute atomic E-state index is 0.266. The molecule has 0 aromatic heterocycles. The van der Waals surface area contributed by atoms with Gasteiger partial charge in [0.1, 0.15) is 0 Å². The van der Waals surface area contributed by atoms with Crippen molar-refractivity contribution in [2.24, 2.45) is 0 Å². The number of benzene rings is 4. The molecule has 37 heavy (non-hydrogen) atoms. The summed E-state index contributed by atoms with van der Waals surface area (Å²) in [5.41, 5.74) is 7.48. The molecule has 0 saturated heterocycles. The first-order valence-corrected chi connectivity index (χ1v) is 13.6. The van der Waals surface area contributed by atoms with E-state index >= 15 is 0 Å². The van der Waals surface area contributed by atoms with E-state index in [0.29, 0.717) is 11.8 Å². The summed E-state index contributed by atoms with van der Waals surface area (Å²) >= 11 is 0. The highest BCUT2D eigenvalue weighted by atomic mass is 16.5. The molecule has 0 radical (unpaired) electrons. The van der Waals surface area contributed by atoms with E-state index < -0.39 is 0 Å². The molecule has 0 spiro atoms. The highest BCUT2D eigenvalue weighted by molar-refractivity contribution is 5.35. The molecule has 0 aliphatic heterocycles. The van der Waals surface area contributed by atoms with Crippen molar-refractivity contribution in [1.82, 2.24) is 0 Å². The van der Waals surface area contributed by atoms with Crippen LogP contribution in [0.2, 0.25) is 0 Å². The Morgan fingerprint density at radius 3 is 1.08 bits per heavy atom. The Balaban J connectivity index is 1.36. The van der Waals surface area contributed by atoms with Crippen molar-refractivity contribution in [3.63, 3.8) is 0 Å². The van der Waals surface area contributed by atoms with Crippen LogP contribution in [-0.4, -0.2) is 11.2 Å². The Morgan fingerprint density at radius 1 is 0.459 bits per heavy atom. The van der Waals surface area contributed by atoms with Crippen LogP contribution in [0.3, 0.4) is 0 Å². The summed E-state index contributed by atoms with van der Waals surface area (Å²) in [6.07, 6.45) is 1.76. The van der Waals surface area contributed by atoms with Crippen molar-refractivity contribution in [3.8, 4) is 0 Å². The van der Waals surface area contributed by atoms with E-state index in [-0.39, 0.29) is 11.2 Å². The van der Waals surface area contributed by atoms with E-state index in [1.165, 1.54) is 33.4 Å². The molecule has 4 aromatic rings. The van der Waals surface area contributed by atoms with Crippen molar-refractivity contribution < 1.29 is 4.74 Å². The second-order valence-corrected chi connectivity index (χ2v) is 11.7. The first-order chi connectivity index (χ1) is 17.6. The van der Waals surface area contributed by atoms with E-state index in [4.69, 9.17) is 4.74 Å². The molecule has 0 fully saturated rings. The Morgan fingerprint density at radius 2 is 0.757 bits per heavy atom. The zero-order valence-electron chi connectivity index (χ0n) is 23.4. The average molecular weight is 491 g/mol. The van der Waals surface area contributed by atoms with Gasteiger partial charge in [0.2, 0.25) is 0 Å². The predicted molar refractivity (Wildman–Crippen MR) is 157 cm³/mol. The third kappa shape index (κ3) is 7.43. The number of ether oxygens (including phenoxy) is 1. The molecule has 0 bridgehead atoms. The molecule has 0 aliphatic carbocycles. The summed E-state index contributed by atoms with van der Waals surface area (Å²) in [6.45, 7) is 13.4. The van der Waals surface area contributed by atoms with Crippen molar-refractivity contribution in [1.29, 1.82) is 0 Å². The Labute approximate surface area is 224 Å². The molecule has 0 N–H and O–H groups in total. The average Bonchev–Trinajstić information content (AvgIpc) is 2.88. The quantitative estimate of drug-likeness (QED) is 0.215. The van der Waals surface area contributed by atoms with Gasteiger partial charge in [-0.15, -0.1) is 0 Å². The van der Waals surface area contributed by atoms with Gasteiger partial charge in [-0.3, -0.25) is 0 Å². The van der Waals surface area contributed by atoms with E-state index in [1.807, 2.05) is 0 Å². The lowest BCUT2D eigenvalue weighted by molar-refractivity contribution is -0.121. The van der Waals surface area contributed by atoms with Gasteiger partial charge in [0, 0.05) is 24.7 Å². The lowest BCUT2D eigenvalue weighted by Gasteiger charge is -2.36. The molecule has 1 heteroatoms. The molecule has 0 amide bonds. The smallest absolute Gasteiger partial charge is 0.0674 e. The normalized spacial score (nSPS) is 13.8. The summed E-state index contributed by atoms with van der Waals surface area (Å²) in [6, 6.07) is 39.5. The molecular weight excluding hydrogens is 448 g/mol. The third-order valence-electron chi connectivity index (χ3n) is 7.37. The number of hydrogen-bond acceptors (Lipinski definition) is 1. The zero-order valence-corrected chi connectivity index (χ0v) is 23.4. The van der Waals surface area contributed by atoms with Crippen LogP contribution in [0.15, 0.2) is 109 Å². The highest BCUT2D eigenvalue weighted by Crippen LogP contribution is 2.30. The number of rotatable bonds is 10. The Kier molecular flexibility index (Phi) is 8.35. The van der Waals surface area contributed by atoms with Crippen LogP contribution in [0.5, 0.6) is 0 Å². The lowest BCUT2D eigenvalue weighted by atomic mass is 9.89. The molecular formula is C36H42O. The molecule has 0 heterocycles. The number of hydrogen-bond donors (Lipinski definition) is 0. The molecule has 4 aromatic carbocycles. The molecule has 2 unspecified atom stereocenters.